The van der Waals surface area contributed by atoms with Crippen molar-refractivity contribution in [3.8, 4) is 5.75 Å². The van der Waals surface area contributed by atoms with Crippen LogP contribution in [-0.2, 0) is 9.59 Å². The summed E-state index contributed by atoms with van der Waals surface area (Å²) in [4.78, 5) is 26.7. The number of ketones is 1. The molecule has 2 rings (SSSR count). The quantitative estimate of drug-likeness (QED) is 0.479. The van der Waals surface area contributed by atoms with Crippen molar-refractivity contribution in [3.63, 3.8) is 0 Å². The van der Waals surface area contributed by atoms with E-state index in [1.807, 2.05) is 6.92 Å². The monoisotopic (exact) mass is 269 g/mol. The minimum atomic E-state index is -0.233. The second-order valence-electron chi connectivity index (χ2n) is 4.32. The van der Waals surface area contributed by atoms with Gasteiger partial charge in [0.15, 0.2) is 5.78 Å². The Balaban J connectivity index is 2.03. The first kappa shape index (κ1) is 13.9. The minimum Gasteiger partial charge on any atom is -0.427 e. The van der Waals surface area contributed by atoms with Crippen molar-refractivity contribution in [2.75, 3.05) is 0 Å². The molecule has 0 bridgehead atoms. The molecule has 0 aliphatic heterocycles. The molecular weight excluding hydrogens is 254 g/mol. The van der Waals surface area contributed by atoms with Gasteiger partial charge in [-0.05, 0) is 55.0 Å². The Morgan fingerprint density at radius 1 is 1.10 bits per heavy atom. The molecule has 0 aromatic heterocycles. The third kappa shape index (κ3) is 4.02. The lowest BCUT2D eigenvalue weighted by Crippen LogP contribution is -2.06. The van der Waals surface area contributed by atoms with Crippen LogP contribution < -0.4 is 4.74 Å². The summed E-state index contributed by atoms with van der Waals surface area (Å²) in [6.45, 7) is 1.93. The van der Waals surface area contributed by atoms with E-state index in [0.29, 0.717) is 17.9 Å². The second kappa shape index (κ2) is 6.61. The number of nitrogens with zero attached hydrogens (tertiary/aromatic N) is 1. The normalized spacial score (nSPS) is 13.4. The van der Waals surface area contributed by atoms with Crippen LogP contribution in [0.1, 0.15) is 19.8 Å². The number of hydrogen-bond donors (Lipinski definition) is 0. The summed E-state index contributed by atoms with van der Waals surface area (Å²) in [5.74, 6) is 0.239. The summed E-state index contributed by atoms with van der Waals surface area (Å²) in [6.07, 6.45) is 7.45. The van der Waals surface area contributed by atoms with Gasteiger partial charge in [-0.3, -0.25) is 9.59 Å². The van der Waals surface area contributed by atoms with E-state index >= 15 is 0 Å². The molecule has 4 heteroatoms. The zero-order valence-corrected chi connectivity index (χ0v) is 11.2. The molecule has 1 aliphatic rings. The fourth-order valence-electron chi connectivity index (χ4n) is 1.65. The average molecular weight is 269 g/mol. The Kier molecular flexibility index (Phi) is 4.60. The summed E-state index contributed by atoms with van der Waals surface area (Å²) in [5.41, 5.74) is 1.44. The van der Waals surface area contributed by atoms with Gasteiger partial charge >= 0.3 is 5.97 Å². The zero-order chi connectivity index (χ0) is 14.4. The molecule has 4 nitrogen and oxygen atoms in total. The fraction of sp³-hybridized carbons (Fsp3) is 0.188. The Morgan fingerprint density at radius 3 is 2.35 bits per heavy atom. The van der Waals surface area contributed by atoms with Gasteiger partial charge in [-0.2, -0.15) is 0 Å². The fourth-order valence-corrected chi connectivity index (χ4v) is 1.65. The van der Waals surface area contributed by atoms with E-state index in [0.717, 1.165) is 12.1 Å². The van der Waals surface area contributed by atoms with Crippen LogP contribution in [0.15, 0.2) is 53.6 Å². The first-order chi connectivity index (χ1) is 9.67. The van der Waals surface area contributed by atoms with Crippen LogP contribution in [0, 0.1) is 0 Å². The molecule has 0 fully saturated rings. The molecule has 0 saturated carbocycles. The van der Waals surface area contributed by atoms with E-state index in [1.165, 1.54) is 12.2 Å². The van der Waals surface area contributed by atoms with Crippen molar-refractivity contribution < 1.29 is 14.3 Å². The van der Waals surface area contributed by atoms with E-state index in [9.17, 15) is 9.59 Å². The van der Waals surface area contributed by atoms with Gasteiger partial charge in [0.2, 0.25) is 0 Å². The summed E-state index contributed by atoms with van der Waals surface area (Å²) in [5, 5.41) is 0. The first-order valence-corrected chi connectivity index (χ1v) is 6.47. The molecule has 1 aromatic rings. The SMILES string of the molecule is CCCC(=O)Oc1ccc(N=C2C=CC(=O)C=C2)cc1. The third-order valence-corrected chi connectivity index (χ3v) is 2.62. The smallest absolute Gasteiger partial charge is 0.311 e. The highest BCUT2D eigenvalue weighted by atomic mass is 16.5. The van der Waals surface area contributed by atoms with E-state index < -0.39 is 0 Å². The number of benzene rings is 1. The van der Waals surface area contributed by atoms with E-state index in [-0.39, 0.29) is 11.8 Å². The molecule has 1 aliphatic carbocycles. The highest BCUT2D eigenvalue weighted by Crippen LogP contribution is 2.19. The molecule has 0 heterocycles. The average Bonchev–Trinajstić information content (AvgIpc) is 2.44. The highest BCUT2D eigenvalue weighted by molar-refractivity contribution is 6.17. The van der Waals surface area contributed by atoms with Crippen molar-refractivity contribution in [1.29, 1.82) is 0 Å². The molecule has 20 heavy (non-hydrogen) atoms. The summed E-state index contributed by atoms with van der Waals surface area (Å²) >= 11 is 0. The molecule has 102 valence electrons. The predicted octanol–water partition coefficient (Wildman–Crippen LogP) is 3.16. The summed E-state index contributed by atoms with van der Waals surface area (Å²) in [7, 11) is 0. The molecule has 0 spiro atoms. The molecule has 0 amide bonds. The molecule has 0 unspecified atom stereocenters. The van der Waals surface area contributed by atoms with Gasteiger partial charge < -0.3 is 4.74 Å². The van der Waals surface area contributed by atoms with Gasteiger partial charge in [0.1, 0.15) is 5.75 Å². The number of esters is 1. The van der Waals surface area contributed by atoms with Crippen LogP contribution in [0.5, 0.6) is 5.75 Å². The number of carbonyl (C=O) groups excluding carboxylic acids is 2. The van der Waals surface area contributed by atoms with E-state index in [4.69, 9.17) is 4.74 Å². The van der Waals surface area contributed by atoms with E-state index in [2.05, 4.69) is 4.99 Å². The van der Waals surface area contributed by atoms with Gasteiger partial charge in [-0.25, -0.2) is 4.99 Å². The zero-order valence-electron chi connectivity index (χ0n) is 11.2. The van der Waals surface area contributed by atoms with Gasteiger partial charge in [0, 0.05) is 6.42 Å². The number of carbonyl (C=O) groups is 2. The number of aliphatic imine (C=N–C) groups is 1. The minimum absolute atomic E-state index is 0.0397. The van der Waals surface area contributed by atoms with Crippen LogP contribution in [0.4, 0.5) is 5.69 Å². The number of rotatable bonds is 4. The van der Waals surface area contributed by atoms with Gasteiger partial charge in [0.25, 0.3) is 0 Å². The maximum Gasteiger partial charge on any atom is 0.311 e. The highest BCUT2D eigenvalue weighted by Gasteiger charge is 2.03. The maximum absolute atomic E-state index is 11.3. The molecule has 0 atom stereocenters. The maximum atomic E-state index is 11.3. The lowest BCUT2D eigenvalue weighted by molar-refractivity contribution is -0.134. The van der Waals surface area contributed by atoms with Crippen molar-refractivity contribution in [3.05, 3.63) is 48.6 Å². The Bertz CT molecular complexity index is 577. The largest absolute Gasteiger partial charge is 0.427 e. The van der Waals surface area contributed by atoms with Gasteiger partial charge in [0.05, 0.1) is 11.4 Å². The molecule has 0 N–H and O–H groups in total. The predicted molar refractivity (Wildman–Crippen MR) is 77.4 cm³/mol. The van der Waals surface area contributed by atoms with Crippen LogP contribution in [0.25, 0.3) is 0 Å². The van der Waals surface area contributed by atoms with Crippen LogP contribution in [0.3, 0.4) is 0 Å². The Labute approximate surface area is 117 Å². The molecule has 0 radical (unpaired) electrons. The van der Waals surface area contributed by atoms with Crippen LogP contribution in [-0.4, -0.2) is 17.5 Å². The Morgan fingerprint density at radius 2 is 1.75 bits per heavy atom. The Hall–Kier alpha value is -2.49. The number of ether oxygens (including phenoxy) is 1. The first-order valence-electron chi connectivity index (χ1n) is 6.47. The molecular formula is C16H15NO3. The number of allylic oxidation sites excluding steroid dienone is 4. The number of hydrogen-bond acceptors (Lipinski definition) is 4. The van der Waals surface area contributed by atoms with Crippen molar-refractivity contribution in [1.82, 2.24) is 0 Å². The van der Waals surface area contributed by atoms with Crippen LogP contribution in [0.2, 0.25) is 0 Å². The molecule has 1 aromatic carbocycles. The molecule has 0 saturated heterocycles. The van der Waals surface area contributed by atoms with Crippen molar-refractivity contribution in [2.24, 2.45) is 4.99 Å². The van der Waals surface area contributed by atoms with Crippen molar-refractivity contribution in [2.45, 2.75) is 19.8 Å². The van der Waals surface area contributed by atoms with Crippen molar-refractivity contribution >= 4 is 23.2 Å². The van der Waals surface area contributed by atoms with Gasteiger partial charge in [-0.15, -0.1) is 0 Å². The lowest BCUT2D eigenvalue weighted by atomic mass is 10.1. The van der Waals surface area contributed by atoms with Gasteiger partial charge in [-0.1, -0.05) is 6.92 Å². The van der Waals surface area contributed by atoms with Crippen LogP contribution >= 0.6 is 0 Å². The topological polar surface area (TPSA) is 55.7 Å². The second-order valence-corrected chi connectivity index (χ2v) is 4.32. The lowest BCUT2D eigenvalue weighted by Gasteiger charge is -2.04. The summed E-state index contributed by atoms with van der Waals surface area (Å²) < 4.78 is 5.15. The van der Waals surface area contributed by atoms with E-state index in [1.54, 1.807) is 36.4 Å². The standard InChI is InChI=1S/C16H15NO3/c1-2-3-16(19)20-15-10-6-13(7-11-15)17-12-4-8-14(18)9-5-12/h4-11H,2-3H2,1H3. The third-order valence-electron chi connectivity index (χ3n) is 2.62. The summed E-state index contributed by atoms with van der Waals surface area (Å²) in [6, 6.07) is 6.93.